The fourth-order valence-electron chi connectivity index (χ4n) is 2.32. The molecule has 0 bridgehead atoms. The summed E-state index contributed by atoms with van der Waals surface area (Å²) in [5.41, 5.74) is 0.241. The summed E-state index contributed by atoms with van der Waals surface area (Å²) in [4.78, 5) is 21.8. The first-order chi connectivity index (χ1) is 10.3. The van der Waals surface area contributed by atoms with Crippen LogP contribution in [0.1, 0.15) is 39.3 Å². The van der Waals surface area contributed by atoms with E-state index < -0.39 is 5.60 Å². The van der Waals surface area contributed by atoms with Crippen molar-refractivity contribution < 1.29 is 14.3 Å². The summed E-state index contributed by atoms with van der Waals surface area (Å²) in [6.07, 6.45) is 3.20. The third-order valence-electron chi connectivity index (χ3n) is 3.25. The Kier molecular flexibility index (Phi) is 5.58. The normalized spacial score (nSPS) is 18.5. The predicted molar refractivity (Wildman–Crippen MR) is 82.7 cm³/mol. The fraction of sp³-hybridized carbons (Fsp3) is 0.667. The van der Waals surface area contributed by atoms with Crippen molar-refractivity contribution in [2.24, 2.45) is 0 Å². The molecule has 1 fully saturated rings. The number of hydrogen-bond acceptors (Lipinski definition) is 5. The third kappa shape index (κ3) is 5.10. The highest BCUT2D eigenvalue weighted by Crippen LogP contribution is 2.21. The highest BCUT2D eigenvalue weighted by molar-refractivity contribution is 6.28. The lowest BCUT2D eigenvalue weighted by molar-refractivity contribution is 0.00856. The van der Waals surface area contributed by atoms with E-state index in [2.05, 4.69) is 9.97 Å². The molecule has 0 aromatic carbocycles. The molecule has 0 unspecified atom stereocenters. The van der Waals surface area contributed by atoms with Crippen molar-refractivity contribution in [2.75, 3.05) is 13.2 Å². The zero-order valence-corrected chi connectivity index (χ0v) is 14.0. The number of carbonyl (C=O) groups excluding carboxylic acids is 1. The molecule has 2 rings (SSSR count). The Bertz CT molecular complexity index is 519. The summed E-state index contributed by atoms with van der Waals surface area (Å²) in [5.74, 6) is 0. The molecule has 2 heterocycles. The van der Waals surface area contributed by atoms with E-state index in [9.17, 15) is 4.79 Å². The Hall–Kier alpha value is -1.40. The zero-order valence-electron chi connectivity index (χ0n) is 13.2. The highest BCUT2D eigenvalue weighted by Gasteiger charge is 2.32. The molecule has 6 nitrogen and oxygen atoms in total. The number of likely N-dealkylation sites (tertiary alicyclic amines) is 1. The average molecular weight is 328 g/mol. The van der Waals surface area contributed by atoms with Crippen LogP contribution in [-0.4, -0.2) is 45.8 Å². The van der Waals surface area contributed by atoms with E-state index in [1.165, 1.54) is 0 Å². The van der Waals surface area contributed by atoms with Gasteiger partial charge in [-0.15, -0.1) is 0 Å². The molecule has 0 spiro atoms. The Labute approximate surface area is 135 Å². The van der Waals surface area contributed by atoms with Crippen molar-refractivity contribution in [3.8, 4) is 0 Å². The van der Waals surface area contributed by atoms with Gasteiger partial charge in [0.2, 0.25) is 5.28 Å². The SMILES string of the molecule is CC(C)(C)OC(=O)N1CCC[C@@H]1COCc1ccnc(Cl)n1. The van der Waals surface area contributed by atoms with E-state index in [0.29, 0.717) is 19.8 Å². The van der Waals surface area contributed by atoms with E-state index >= 15 is 0 Å². The van der Waals surface area contributed by atoms with E-state index in [1.54, 1.807) is 17.2 Å². The van der Waals surface area contributed by atoms with E-state index in [-0.39, 0.29) is 17.4 Å². The lowest BCUT2D eigenvalue weighted by atomic mass is 10.2. The molecule has 1 aromatic rings. The van der Waals surface area contributed by atoms with E-state index in [0.717, 1.165) is 18.5 Å². The molecule has 7 heteroatoms. The molecule has 1 atom stereocenters. The van der Waals surface area contributed by atoms with Crippen LogP contribution >= 0.6 is 11.6 Å². The van der Waals surface area contributed by atoms with Crippen LogP contribution in [0.5, 0.6) is 0 Å². The number of nitrogens with zero attached hydrogens (tertiary/aromatic N) is 3. The van der Waals surface area contributed by atoms with Gasteiger partial charge in [-0.3, -0.25) is 0 Å². The summed E-state index contributed by atoms with van der Waals surface area (Å²) in [6, 6.07) is 1.80. The van der Waals surface area contributed by atoms with Gasteiger partial charge in [0.15, 0.2) is 0 Å². The van der Waals surface area contributed by atoms with Gasteiger partial charge in [0.1, 0.15) is 5.60 Å². The Morgan fingerprint density at radius 1 is 1.50 bits per heavy atom. The molecule has 22 heavy (non-hydrogen) atoms. The van der Waals surface area contributed by atoms with Crippen molar-refractivity contribution >= 4 is 17.7 Å². The first-order valence-corrected chi connectivity index (χ1v) is 7.78. The lowest BCUT2D eigenvalue weighted by Gasteiger charge is -2.28. The van der Waals surface area contributed by atoms with Crippen LogP contribution in [0.2, 0.25) is 5.28 Å². The van der Waals surface area contributed by atoms with Gasteiger partial charge in [0.05, 0.1) is 24.9 Å². The van der Waals surface area contributed by atoms with Gasteiger partial charge in [-0.25, -0.2) is 14.8 Å². The molecular formula is C15H22ClN3O3. The number of ether oxygens (including phenoxy) is 2. The minimum absolute atomic E-state index is 0.0483. The van der Waals surface area contributed by atoms with Crippen molar-refractivity contribution in [1.82, 2.24) is 14.9 Å². The second-order valence-corrected chi connectivity index (χ2v) is 6.64. The maximum absolute atomic E-state index is 12.2. The molecule has 0 radical (unpaired) electrons. The molecule has 1 aliphatic rings. The molecule has 0 N–H and O–H groups in total. The van der Waals surface area contributed by atoms with Crippen LogP contribution in [0.25, 0.3) is 0 Å². The Morgan fingerprint density at radius 2 is 2.27 bits per heavy atom. The first kappa shape index (κ1) is 17.0. The lowest BCUT2D eigenvalue weighted by Crippen LogP contribution is -2.41. The number of halogens is 1. The van der Waals surface area contributed by atoms with Crippen LogP contribution in [0, 0.1) is 0 Å². The Balaban J connectivity index is 1.82. The largest absolute Gasteiger partial charge is 0.444 e. The summed E-state index contributed by atoms with van der Waals surface area (Å²) >= 11 is 5.73. The Morgan fingerprint density at radius 3 is 2.95 bits per heavy atom. The summed E-state index contributed by atoms with van der Waals surface area (Å²) < 4.78 is 11.1. The highest BCUT2D eigenvalue weighted by atomic mass is 35.5. The first-order valence-electron chi connectivity index (χ1n) is 7.40. The molecular weight excluding hydrogens is 306 g/mol. The van der Waals surface area contributed by atoms with Gasteiger partial charge < -0.3 is 14.4 Å². The summed E-state index contributed by atoms with van der Waals surface area (Å²) in [5, 5.41) is 0.206. The molecule has 0 aliphatic carbocycles. The van der Waals surface area contributed by atoms with Gasteiger partial charge in [-0.1, -0.05) is 0 Å². The fourth-order valence-corrected chi connectivity index (χ4v) is 2.48. The van der Waals surface area contributed by atoms with Crippen LogP contribution in [0.3, 0.4) is 0 Å². The van der Waals surface area contributed by atoms with Crippen LogP contribution in [0.4, 0.5) is 4.79 Å². The number of carbonyl (C=O) groups is 1. The van der Waals surface area contributed by atoms with Crippen molar-refractivity contribution in [3.63, 3.8) is 0 Å². The molecule has 1 amide bonds. The molecule has 1 aliphatic heterocycles. The van der Waals surface area contributed by atoms with Crippen molar-refractivity contribution in [2.45, 2.75) is 51.9 Å². The predicted octanol–water partition coefficient (Wildman–Crippen LogP) is 3.05. The van der Waals surface area contributed by atoms with Gasteiger partial charge in [0, 0.05) is 12.7 Å². The zero-order chi connectivity index (χ0) is 16.2. The second kappa shape index (κ2) is 7.24. The topological polar surface area (TPSA) is 64.5 Å². The minimum atomic E-state index is -0.483. The standard InChI is InChI=1S/C15H22ClN3O3/c1-15(2,3)22-14(20)19-8-4-5-12(19)10-21-9-11-6-7-17-13(16)18-11/h6-7,12H,4-5,8-10H2,1-3H3/t12-/m1/s1. The van der Waals surface area contributed by atoms with Crippen molar-refractivity contribution in [1.29, 1.82) is 0 Å². The average Bonchev–Trinajstić information content (AvgIpc) is 2.85. The monoisotopic (exact) mass is 327 g/mol. The summed E-state index contributed by atoms with van der Waals surface area (Å²) in [7, 11) is 0. The van der Waals surface area contributed by atoms with Crippen LogP contribution in [0.15, 0.2) is 12.3 Å². The third-order valence-corrected chi connectivity index (χ3v) is 3.43. The van der Waals surface area contributed by atoms with Gasteiger partial charge >= 0.3 is 6.09 Å². The van der Waals surface area contributed by atoms with E-state index in [4.69, 9.17) is 21.1 Å². The van der Waals surface area contributed by atoms with Gasteiger partial charge in [0.25, 0.3) is 0 Å². The van der Waals surface area contributed by atoms with E-state index in [1.807, 2.05) is 20.8 Å². The smallest absolute Gasteiger partial charge is 0.410 e. The van der Waals surface area contributed by atoms with Crippen LogP contribution in [-0.2, 0) is 16.1 Å². The minimum Gasteiger partial charge on any atom is -0.444 e. The quantitative estimate of drug-likeness (QED) is 0.795. The molecule has 0 saturated carbocycles. The number of amides is 1. The van der Waals surface area contributed by atoms with Gasteiger partial charge in [-0.05, 0) is 51.3 Å². The van der Waals surface area contributed by atoms with Crippen molar-refractivity contribution in [3.05, 3.63) is 23.2 Å². The molecule has 122 valence electrons. The van der Waals surface area contributed by atoms with Crippen LogP contribution < -0.4 is 0 Å². The number of hydrogen-bond donors (Lipinski definition) is 0. The van der Waals surface area contributed by atoms with Gasteiger partial charge in [-0.2, -0.15) is 0 Å². The maximum atomic E-state index is 12.2. The maximum Gasteiger partial charge on any atom is 0.410 e. The summed E-state index contributed by atoms with van der Waals surface area (Å²) in [6.45, 7) is 7.12. The number of rotatable bonds is 4. The second-order valence-electron chi connectivity index (χ2n) is 6.30. The number of aromatic nitrogens is 2. The molecule has 1 aromatic heterocycles. The molecule has 1 saturated heterocycles.